The second kappa shape index (κ2) is 3.55. The molecule has 0 aliphatic heterocycles. The first-order chi connectivity index (χ1) is 6.70. The van der Waals surface area contributed by atoms with Crippen molar-refractivity contribution in [3.05, 3.63) is 44.7 Å². The van der Waals surface area contributed by atoms with E-state index in [4.69, 9.17) is 9.52 Å². The fourth-order valence-corrected chi connectivity index (χ4v) is 1.67. The number of hydrogen-bond acceptors (Lipinski definition) is 3. The maximum atomic E-state index is 11.1. The molecule has 0 bridgehead atoms. The van der Waals surface area contributed by atoms with Crippen molar-refractivity contribution in [1.29, 1.82) is 0 Å². The second-order valence-electron chi connectivity index (χ2n) is 2.89. The molecule has 2 rings (SSSR count). The first-order valence-corrected chi connectivity index (χ1v) is 4.83. The Balaban J connectivity index is 2.87. The van der Waals surface area contributed by atoms with Gasteiger partial charge in [0.25, 0.3) is 0 Å². The highest BCUT2D eigenvalue weighted by Gasteiger charge is 2.04. The quantitative estimate of drug-likeness (QED) is 0.793. The summed E-state index contributed by atoms with van der Waals surface area (Å²) >= 11 is 3.28. The molecule has 0 saturated carbocycles. The van der Waals surface area contributed by atoms with Gasteiger partial charge >= 0.3 is 5.63 Å². The van der Waals surface area contributed by atoms with Crippen LogP contribution in [0, 0.1) is 0 Å². The molecule has 0 aliphatic carbocycles. The van der Waals surface area contributed by atoms with E-state index in [9.17, 15) is 4.79 Å². The first-order valence-electron chi connectivity index (χ1n) is 4.04. The highest BCUT2D eigenvalue weighted by atomic mass is 79.9. The maximum absolute atomic E-state index is 11.1. The van der Waals surface area contributed by atoms with Crippen molar-refractivity contribution in [3.63, 3.8) is 0 Å². The van der Waals surface area contributed by atoms with Crippen LogP contribution in [0.5, 0.6) is 0 Å². The van der Waals surface area contributed by atoms with Gasteiger partial charge in [-0.15, -0.1) is 0 Å². The average Bonchev–Trinajstić information content (AvgIpc) is 2.15. The molecule has 0 radical (unpaired) electrons. The Bertz CT molecular complexity index is 530. The van der Waals surface area contributed by atoms with Crippen LogP contribution in [0.1, 0.15) is 5.56 Å². The minimum absolute atomic E-state index is 0.163. The molecule has 0 spiro atoms. The lowest BCUT2D eigenvalue weighted by atomic mass is 10.1. The summed E-state index contributed by atoms with van der Waals surface area (Å²) in [4.78, 5) is 11.1. The number of hydrogen-bond donors (Lipinski definition) is 1. The molecule has 72 valence electrons. The Hall–Kier alpha value is -1.13. The molecule has 1 aromatic heterocycles. The SMILES string of the molecule is O=c1cc(CO)c2ccc(Br)cc2o1. The Morgan fingerprint density at radius 1 is 1.36 bits per heavy atom. The Kier molecular flexibility index (Phi) is 2.39. The standard InChI is InChI=1S/C10H7BrO3/c11-7-1-2-8-6(5-12)3-10(13)14-9(8)4-7/h1-4,12H,5H2. The minimum Gasteiger partial charge on any atom is -0.423 e. The van der Waals surface area contributed by atoms with Crippen LogP contribution in [-0.4, -0.2) is 5.11 Å². The Morgan fingerprint density at radius 2 is 2.14 bits per heavy atom. The molecule has 0 fully saturated rings. The lowest BCUT2D eigenvalue weighted by molar-refractivity contribution is 0.282. The Labute approximate surface area is 88.1 Å². The number of aliphatic hydroxyl groups excluding tert-OH is 1. The van der Waals surface area contributed by atoms with Crippen molar-refractivity contribution < 1.29 is 9.52 Å². The highest BCUT2D eigenvalue weighted by Crippen LogP contribution is 2.21. The van der Waals surface area contributed by atoms with E-state index in [1.165, 1.54) is 6.07 Å². The fourth-order valence-electron chi connectivity index (χ4n) is 1.33. The predicted molar refractivity (Wildman–Crippen MR) is 56.1 cm³/mol. The van der Waals surface area contributed by atoms with E-state index in [0.717, 1.165) is 9.86 Å². The molecule has 3 nitrogen and oxygen atoms in total. The lowest BCUT2D eigenvalue weighted by Crippen LogP contribution is -2.00. The van der Waals surface area contributed by atoms with E-state index in [0.29, 0.717) is 11.1 Å². The summed E-state index contributed by atoms with van der Waals surface area (Å²) in [6.07, 6.45) is 0. The average molecular weight is 255 g/mol. The third-order valence-corrected chi connectivity index (χ3v) is 2.46. The molecule has 0 atom stereocenters. The third-order valence-electron chi connectivity index (χ3n) is 1.96. The Morgan fingerprint density at radius 3 is 2.86 bits per heavy atom. The van der Waals surface area contributed by atoms with Gasteiger partial charge in [-0.2, -0.15) is 0 Å². The molecule has 0 amide bonds. The van der Waals surface area contributed by atoms with Crippen LogP contribution in [0.3, 0.4) is 0 Å². The topological polar surface area (TPSA) is 50.4 Å². The van der Waals surface area contributed by atoms with Gasteiger partial charge in [-0.1, -0.05) is 15.9 Å². The van der Waals surface area contributed by atoms with Crippen LogP contribution in [0.15, 0.2) is 37.9 Å². The van der Waals surface area contributed by atoms with Crippen molar-refractivity contribution in [2.45, 2.75) is 6.61 Å². The number of fused-ring (bicyclic) bond motifs is 1. The van der Waals surface area contributed by atoms with Gasteiger partial charge in [0.05, 0.1) is 6.61 Å². The van der Waals surface area contributed by atoms with Crippen molar-refractivity contribution in [2.24, 2.45) is 0 Å². The van der Waals surface area contributed by atoms with Crippen LogP contribution in [0.4, 0.5) is 0 Å². The molecule has 0 unspecified atom stereocenters. The summed E-state index contributed by atoms with van der Waals surface area (Å²) in [6.45, 7) is -0.163. The zero-order valence-electron chi connectivity index (χ0n) is 7.16. The summed E-state index contributed by atoms with van der Waals surface area (Å²) in [7, 11) is 0. The molecule has 0 saturated heterocycles. The van der Waals surface area contributed by atoms with E-state index in [1.807, 2.05) is 6.07 Å². The summed E-state index contributed by atoms with van der Waals surface area (Å²) in [6, 6.07) is 6.64. The van der Waals surface area contributed by atoms with Gasteiger partial charge in [0.1, 0.15) is 5.58 Å². The second-order valence-corrected chi connectivity index (χ2v) is 3.80. The van der Waals surface area contributed by atoms with Gasteiger partial charge in [-0.3, -0.25) is 0 Å². The maximum Gasteiger partial charge on any atom is 0.336 e. The predicted octanol–water partition coefficient (Wildman–Crippen LogP) is 2.05. The zero-order chi connectivity index (χ0) is 10.1. The fraction of sp³-hybridized carbons (Fsp3) is 0.100. The van der Waals surface area contributed by atoms with Gasteiger partial charge in [0, 0.05) is 15.9 Å². The number of benzene rings is 1. The molecule has 1 aromatic carbocycles. The smallest absolute Gasteiger partial charge is 0.336 e. The molecule has 1 heterocycles. The van der Waals surface area contributed by atoms with Crippen LogP contribution < -0.4 is 5.63 Å². The normalized spacial score (nSPS) is 10.7. The van der Waals surface area contributed by atoms with Gasteiger partial charge in [0.2, 0.25) is 0 Å². The first kappa shape index (κ1) is 9.43. The van der Waals surface area contributed by atoms with E-state index < -0.39 is 5.63 Å². The van der Waals surface area contributed by atoms with Gasteiger partial charge in [-0.25, -0.2) is 4.79 Å². The van der Waals surface area contributed by atoms with E-state index in [-0.39, 0.29) is 6.61 Å². The van der Waals surface area contributed by atoms with E-state index >= 15 is 0 Å². The summed E-state index contributed by atoms with van der Waals surface area (Å²) in [5.74, 6) is 0. The molecule has 2 aromatic rings. The monoisotopic (exact) mass is 254 g/mol. The van der Waals surface area contributed by atoms with E-state index in [2.05, 4.69) is 15.9 Å². The van der Waals surface area contributed by atoms with Crippen molar-refractivity contribution in [2.75, 3.05) is 0 Å². The van der Waals surface area contributed by atoms with Crippen molar-refractivity contribution in [1.82, 2.24) is 0 Å². The van der Waals surface area contributed by atoms with Gasteiger partial charge in [-0.05, 0) is 23.8 Å². The third kappa shape index (κ3) is 1.58. The van der Waals surface area contributed by atoms with Gasteiger partial charge in [0.15, 0.2) is 0 Å². The van der Waals surface area contributed by atoms with Gasteiger partial charge < -0.3 is 9.52 Å². The van der Waals surface area contributed by atoms with Crippen LogP contribution in [0.25, 0.3) is 11.0 Å². The summed E-state index contributed by atoms with van der Waals surface area (Å²) in [5, 5.41) is 9.80. The molecular weight excluding hydrogens is 248 g/mol. The van der Waals surface area contributed by atoms with E-state index in [1.54, 1.807) is 12.1 Å². The largest absolute Gasteiger partial charge is 0.423 e. The molecular formula is C10H7BrO3. The summed E-state index contributed by atoms with van der Waals surface area (Å²) in [5.41, 5.74) is 0.624. The number of halogens is 1. The molecule has 0 aliphatic rings. The minimum atomic E-state index is -0.445. The highest BCUT2D eigenvalue weighted by molar-refractivity contribution is 9.10. The molecule has 1 N–H and O–H groups in total. The van der Waals surface area contributed by atoms with Crippen LogP contribution in [0.2, 0.25) is 0 Å². The van der Waals surface area contributed by atoms with Crippen LogP contribution >= 0.6 is 15.9 Å². The van der Waals surface area contributed by atoms with Crippen LogP contribution in [-0.2, 0) is 6.61 Å². The molecule has 4 heteroatoms. The number of rotatable bonds is 1. The lowest BCUT2D eigenvalue weighted by Gasteiger charge is -2.01. The van der Waals surface area contributed by atoms with Crippen molar-refractivity contribution in [3.8, 4) is 0 Å². The zero-order valence-corrected chi connectivity index (χ0v) is 8.74. The van der Waals surface area contributed by atoms with Crippen molar-refractivity contribution >= 4 is 26.9 Å². The number of aliphatic hydroxyl groups is 1. The summed E-state index contributed by atoms with van der Waals surface area (Å²) < 4.78 is 5.82. The molecule has 14 heavy (non-hydrogen) atoms.